The van der Waals surface area contributed by atoms with Gasteiger partial charge in [-0.05, 0) is 12.1 Å². The topological polar surface area (TPSA) is 109 Å². The summed E-state index contributed by atoms with van der Waals surface area (Å²) >= 11 is 0. The van der Waals surface area contributed by atoms with Crippen LogP contribution in [0.5, 0.6) is 0 Å². The molecule has 1 saturated heterocycles. The second kappa shape index (κ2) is 7.52. The quantitative estimate of drug-likeness (QED) is 0.672. The summed E-state index contributed by atoms with van der Waals surface area (Å²) in [7, 11) is -1.83. The Balaban J connectivity index is 1.43. The number of hydrogen-bond donors (Lipinski definition) is 1. The molecular formula is C17H20N8O2S. The first-order chi connectivity index (χ1) is 13.5. The maximum absolute atomic E-state index is 12.7. The van der Waals surface area contributed by atoms with E-state index in [4.69, 9.17) is 0 Å². The number of pyridine rings is 1. The normalized spacial score (nSPS) is 15.5. The van der Waals surface area contributed by atoms with E-state index in [1.54, 1.807) is 17.8 Å². The van der Waals surface area contributed by atoms with Crippen LogP contribution in [-0.2, 0) is 17.1 Å². The average Bonchev–Trinajstić information content (AvgIpc) is 3.16. The molecule has 0 aliphatic carbocycles. The summed E-state index contributed by atoms with van der Waals surface area (Å²) in [5, 5.41) is 3.21. The monoisotopic (exact) mass is 400 g/mol. The second-order valence-corrected chi connectivity index (χ2v) is 8.25. The van der Waals surface area contributed by atoms with Crippen LogP contribution >= 0.6 is 0 Å². The van der Waals surface area contributed by atoms with E-state index in [2.05, 4.69) is 25.3 Å². The van der Waals surface area contributed by atoms with Gasteiger partial charge in [-0.3, -0.25) is 0 Å². The first-order valence-electron chi connectivity index (χ1n) is 8.75. The van der Waals surface area contributed by atoms with Gasteiger partial charge in [0.15, 0.2) is 5.03 Å². The Morgan fingerprint density at radius 1 is 1.00 bits per heavy atom. The minimum atomic E-state index is -3.57. The smallest absolute Gasteiger partial charge is 0.262 e. The third-order valence-corrected chi connectivity index (χ3v) is 6.21. The number of anilines is 3. The zero-order valence-electron chi connectivity index (χ0n) is 15.3. The fourth-order valence-electron chi connectivity index (χ4n) is 2.97. The van der Waals surface area contributed by atoms with Crippen LogP contribution in [0.25, 0.3) is 0 Å². The number of nitrogens with one attached hydrogen (secondary N) is 1. The summed E-state index contributed by atoms with van der Waals surface area (Å²) in [5.74, 6) is 2.06. The predicted octanol–water partition coefficient (Wildman–Crippen LogP) is 0.860. The molecule has 3 aromatic heterocycles. The summed E-state index contributed by atoms with van der Waals surface area (Å²) < 4.78 is 28.5. The number of aromatic nitrogens is 5. The van der Waals surface area contributed by atoms with Crippen LogP contribution < -0.4 is 10.2 Å². The number of aryl methyl sites for hydroxylation is 1. The molecule has 1 N–H and O–H groups in total. The molecule has 1 fully saturated rings. The standard InChI is InChI=1S/C17H20N8O2S/c1-23-11-17(21-13-23)28(26,27)25-8-6-24(7-9-25)16-10-15(19-12-20-16)22-14-4-2-3-5-18-14/h2-5,10-13H,6-9H2,1H3,(H,18,19,20,22). The fraction of sp³-hybridized carbons (Fsp3) is 0.294. The number of imidazole rings is 1. The summed E-state index contributed by atoms with van der Waals surface area (Å²) in [6.07, 6.45) is 6.19. The van der Waals surface area contributed by atoms with Crippen molar-refractivity contribution in [3.05, 3.63) is 49.3 Å². The second-order valence-electron chi connectivity index (χ2n) is 6.37. The van der Waals surface area contributed by atoms with E-state index >= 15 is 0 Å². The van der Waals surface area contributed by atoms with Crippen LogP contribution in [0.1, 0.15) is 0 Å². The van der Waals surface area contributed by atoms with Crippen LogP contribution in [0.15, 0.2) is 54.3 Å². The lowest BCUT2D eigenvalue weighted by Gasteiger charge is -2.34. The fourth-order valence-corrected chi connectivity index (χ4v) is 4.36. The molecule has 3 aromatic rings. The molecule has 28 heavy (non-hydrogen) atoms. The van der Waals surface area contributed by atoms with E-state index < -0.39 is 10.0 Å². The molecule has 146 valence electrons. The molecule has 0 bridgehead atoms. The average molecular weight is 400 g/mol. The summed E-state index contributed by atoms with van der Waals surface area (Å²) in [6, 6.07) is 7.41. The zero-order chi connectivity index (χ0) is 19.6. The molecule has 0 aromatic carbocycles. The third-order valence-electron chi connectivity index (χ3n) is 4.42. The molecule has 1 aliphatic heterocycles. The highest BCUT2D eigenvalue weighted by Crippen LogP contribution is 2.21. The van der Waals surface area contributed by atoms with E-state index in [9.17, 15) is 8.42 Å². The Morgan fingerprint density at radius 3 is 2.50 bits per heavy atom. The van der Waals surface area contributed by atoms with Gasteiger partial charge in [0, 0.05) is 51.7 Å². The van der Waals surface area contributed by atoms with Gasteiger partial charge < -0.3 is 14.8 Å². The van der Waals surface area contributed by atoms with Gasteiger partial charge in [-0.2, -0.15) is 4.31 Å². The van der Waals surface area contributed by atoms with Crippen LogP contribution in [0.4, 0.5) is 17.5 Å². The van der Waals surface area contributed by atoms with Crippen molar-refractivity contribution in [1.82, 2.24) is 28.8 Å². The minimum absolute atomic E-state index is 0.0762. The van der Waals surface area contributed by atoms with Crippen molar-refractivity contribution in [3.8, 4) is 0 Å². The molecule has 0 radical (unpaired) electrons. The van der Waals surface area contributed by atoms with Gasteiger partial charge in [-0.15, -0.1) is 0 Å². The highest BCUT2D eigenvalue weighted by atomic mass is 32.2. The Labute approximate surface area is 162 Å². The van der Waals surface area contributed by atoms with Crippen molar-refractivity contribution in [1.29, 1.82) is 0 Å². The van der Waals surface area contributed by atoms with E-state index in [1.807, 2.05) is 29.2 Å². The molecule has 4 heterocycles. The first-order valence-corrected chi connectivity index (χ1v) is 10.2. The van der Waals surface area contributed by atoms with Crippen molar-refractivity contribution in [3.63, 3.8) is 0 Å². The SMILES string of the molecule is Cn1cnc(S(=O)(=O)N2CCN(c3cc(Nc4ccccn4)ncn3)CC2)c1. The largest absolute Gasteiger partial charge is 0.354 e. The van der Waals surface area contributed by atoms with Gasteiger partial charge in [-0.1, -0.05) is 6.07 Å². The Kier molecular flexibility index (Phi) is 4.92. The van der Waals surface area contributed by atoms with Gasteiger partial charge in [0.25, 0.3) is 10.0 Å². The van der Waals surface area contributed by atoms with Crippen LogP contribution in [0.3, 0.4) is 0 Å². The Morgan fingerprint density at radius 2 is 1.82 bits per heavy atom. The van der Waals surface area contributed by atoms with Gasteiger partial charge >= 0.3 is 0 Å². The lowest BCUT2D eigenvalue weighted by atomic mass is 10.3. The maximum Gasteiger partial charge on any atom is 0.262 e. The molecule has 0 unspecified atom stereocenters. The van der Waals surface area contributed by atoms with Crippen LogP contribution in [0.2, 0.25) is 0 Å². The number of sulfonamides is 1. The van der Waals surface area contributed by atoms with Crippen molar-refractivity contribution in [2.75, 3.05) is 36.4 Å². The van der Waals surface area contributed by atoms with Crippen LogP contribution in [0, 0.1) is 0 Å². The van der Waals surface area contributed by atoms with Gasteiger partial charge in [-0.25, -0.2) is 28.4 Å². The molecule has 1 aliphatic rings. The van der Waals surface area contributed by atoms with Crippen molar-refractivity contribution >= 4 is 27.5 Å². The maximum atomic E-state index is 12.7. The number of piperazine rings is 1. The molecule has 0 atom stereocenters. The number of nitrogens with zero attached hydrogens (tertiary/aromatic N) is 7. The van der Waals surface area contributed by atoms with Crippen LogP contribution in [-0.4, -0.2) is 63.4 Å². The van der Waals surface area contributed by atoms with E-state index in [-0.39, 0.29) is 5.03 Å². The Bertz CT molecular complexity index is 1050. The minimum Gasteiger partial charge on any atom is -0.354 e. The molecule has 11 heteroatoms. The summed E-state index contributed by atoms with van der Waals surface area (Å²) in [4.78, 5) is 18.8. The third kappa shape index (κ3) is 3.80. The van der Waals surface area contributed by atoms with Gasteiger partial charge in [0.2, 0.25) is 0 Å². The molecule has 10 nitrogen and oxygen atoms in total. The van der Waals surface area contributed by atoms with Crippen molar-refractivity contribution < 1.29 is 8.42 Å². The van der Waals surface area contributed by atoms with Gasteiger partial charge in [0.1, 0.15) is 23.8 Å². The number of rotatable bonds is 5. The molecule has 0 spiro atoms. The molecular weight excluding hydrogens is 380 g/mol. The molecule has 4 rings (SSSR count). The Hall–Kier alpha value is -3.05. The molecule has 0 saturated carbocycles. The zero-order valence-corrected chi connectivity index (χ0v) is 16.1. The van der Waals surface area contributed by atoms with Crippen molar-refractivity contribution in [2.45, 2.75) is 5.03 Å². The highest BCUT2D eigenvalue weighted by molar-refractivity contribution is 7.89. The molecule has 0 amide bonds. The number of hydrogen-bond acceptors (Lipinski definition) is 8. The summed E-state index contributed by atoms with van der Waals surface area (Å²) in [6.45, 7) is 1.80. The van der Waals surface area contributed by atoms with E-state index in [0.29, 0.717) is 37.8 Å². The van der Waals surface area contributed by atoms with Crippen molar-refractivity contribution in [2.24, 2.45) is 7.05 Å². The summed E-state index contributed by atoms with van der Waals surface area (Å²) in [5.41, 5.74) is 0. The highest BCUT2D eigenvalue weighted by Gasteiger charge is 2.30. The predicted molar refractivity (Wildman–Crippen MR) is 104 cm³/mol. The lowest BCUT2D eigenvalue weighted by molar-refractivity contribution is 0.382. The van der Waals surface area contributed by atoms with E-state index in [1.165, 1.54) is 23.2 Å². The van der Waals surface area contributed by atoms with E-state index in [0.717, 1.165) is 5.82 Å². The first kappa shape index (κ1) is 18.3. The lowest BCUT2D eigenvalue weighted by Crippen LogP contribution is -2.49. The van der Waals surface area contributed by atoms with Gasteiger partial charge in [0.05, 0.1) is 6.33 Å².